The molecular formula is C24H22F2N4O2. The van der Waals surface area contributed by atoms with Crippen molar-refractivity contribution in [3.63, 3.8) is 0 Å². The molecular weight excluding hydrogens is 414 g/mol. The first kappa shape index (κ1) is 21.5. The number of likely N-dealkylation sites (N-methyl/N-ethyl adjacent to an activating group) is 1. The second-order valence-electron chi connectivity index (χ2n) is 7.84. The zero-order valence-corrected chi connectivity index (χ0v) is 17.8. The van der Waals surface area contributed by atoms with Crippen LogP contribution < -0.4 is 0 Å². The van der Waals surface area contributed by atoms with Crippen LogP contribution in [0.15, 0.2) is 54.9 Å². The third-order valence-electron chi connectivity index (χ3n) is 5.58. The maximum absolute atomic E-state index is 13.8. The van der Waals surface area contributed by atoms with E-state index in [0.29, 0.717) is 35.5 Å². The van der Waals surface area contributed by atoms with Gasteiger partial charge in [-0.1, -0.05) is 24.3 Å². The molecule has 164 valence electrons. The van der Waals surface area contributed by atoms with Crippen LogP contribution >= 0.6 is 0 Å². The number of carbonyl (C=O) groups is 2. The maximum atomic E-state index is 13.8. The molecule has 1 saturated heterocycles. The second kappa shape index (κ2) is 8.82. The fourth-order valence-corrected chi connectivity index (χ4v) is 3.90. The summed E-state index contributed by atoms with van der Waals surface area (Å²) in [6.45, 7) is 2.52. The Balaban J connectivity index is 1.70. The number of nitrogens with zero attached hydrogens (tertiary/aromatic N) is 4. The molecule has 2 heterocycles. The molecule has 0 radical (unpaired) electrons. The minimum absolute atomic E-state index is 0.165. The Kier molecular flexibility index (Phi) is 5.94. The molecule has 1 atom stereocenters. The van der Waals surface area contributed by atoms with Gasteiger partial charge >= 0.3 is 0 Å². The molecule has 0 bridgehead atoms. The van der Waals surface area contributed by atoms with Gasteiger partial charge < -0.3 is 9.80 Å². The largest absolute Gasteiger partial charge is 0.342 e. The van der Waals surface area contributed by atoms with Gasteiger partial charge in [-0.05, 0) is 35.7 Å². The Hall–Kier alpha value is -3.68. The Labute approximate surface area is 184 Å². The van der Waals surface area contributed by atoms with Gasteiger partial charge in [0.25, 0.3) is 5.91 Å². The Morgan fingerprint density at radius 3 is 2.47 bits per heavy atom. The van der Waals surface area contributed by atoms with Gasteiger partial charge in [0.1, 0.15) is 23.4 Å². The van der Waals surface area contributed by atoms with E-state index in [2.05, 4.69) is 9.97 Å². The molecule has 2 amide bonds. The molecule has 1 aliphatic rings. The third kappa shape index (κ3) is 4.34. The van der Waals surface area contributed by atoms with Gasteiger partial charge in [0.2, 0.25) is 5.91 Å². The lowest BCUT2D eigenvalue weighted by Gasteiger charge is -2.39. The van der Waals surface area contributed by atoms with Gasteiger partial charge in [-0.25, -0.2) is 13.8 Å². The molecule has 0 aliphatic carbocycles. The number of amides is 2. The average Bonchev–Trinajstić information content (AvgIpc) is 2.77. The van der Waals surface area contributed by atoms with E-state index in [-0.39, 0.29) is 23.9 Å². The lowest BCUT2D eigenvalue weighted by molar-refractivity contribution is -0.138. The molecule has 0 saturated carbocycles. The second-order valence-corrected chi connectivity index (χ2v) is 7.84. The van der Waals surface area contributed by atoms with Crippen LogP contribution in [0.3, 0.4) is 0 Å². The van der Waals surface area contributed by atoms with E-state index in [1.807, 2.05) is 0 Å². The Morgan fingerprint density at radius 2 is 1.78 bits per heavy atom. The molecule has 6 nitrogen and oxygen atoms in total. The lowest BCUT2D eigenvalue weighted by Crippen LogP contribution is -2.58. The summed E-state index contributed by atoms with van der Waals surface area (Å²) in [6.07, 6.45) is 3.11. The normalized spacial score (nSPS) is 16.4. The standard InChI is InChI=1S/C24H22F2N4O2/c1-15-13-28-21(14-27-15)23(31)30-8-7-29(2)24(32)22(30)11-16-5-3-4-6-20(16)17-9-18(25)12-19(26)10-17/h3-6,9-10,12-14,22H,7-8,11H2,1-2H3. The highest BCUT2D eigenvalue weighted by molar-refractivity contribution is 5.96. The van der Waals surface area contributed by atoms with Gasteiger partial charge in [-0.2, -0.15) is 0 Å². The number of rotatable bonds is 4. The van der Waals surface area contributed by atoms with Gasteiger partial charge in [0.15, 0.2) is 0 Å². The summed E-state index contributed by atoms with van der Waals surface area (Å²) >= 11 is 0. The van der Waals surface area contributed by atoms with Crippen molar-refractivity contribution in [1.82, 2.24) is 19.8 Å². The molecule has 32 heavy (non-hydrogen) atoms. The van der Waals surface area contributed by atoms with Crippen LogP contribution in [0.1, 0.15) is 21.7 Å². The maximum Gasteiger partial charge on any atom is 0.274 e. The monoisotopic (exact) mass is 436 g/mol. The van der Waals surface area contributed by atoms with E-state index < -0.39 is 17.7 Å². The van der Waals surface area contributed by atoms with Gasteiger partial charge in [-0.15, -0.1) is 0 Å². The topological polar surface area (TPSA) is 66.4 Å². The first-order chi connectivity index (χ1) is 15.3. The Bertz CT molecular complexity index is 1150. The van der Waals surface area contributed by atoms with E-state index in [4.69, 9.17) is 0 Å². The number of halogens is 2. The van der Waals surface area contributed by atoms with E-state index in [0.717, 1.165) is 6.07 Å². The zero-order valence-electron chi connectivity index (χ0n) is 17.8. The summed E-state index contributed by atoms with van der Waals surface area (Å²) in [5.41, 5.74) is 2.53. The van der Waals surface area contributed by atoms with Crippen LogP contribution in [-0.4, -0.2) is 57.8 Å². The molecule has 4 rings (SSSR count). The molecule has 1 aliphatic heterocycles. The van der Waals surface area contributed by atoms with Crippen LogP contribution in [-0.2, 0) is 11.2 Å². The Morgan fingerprint density at radius 1 is 1.06 bits per heavy atom. The number of carbonyl (C=O) groups excluding carboxylic acids is 2. The third-order valence-corrected chi connectivity index (χ3v) is 5.58. The molecule has 0 N–H and O–H groups in total. The zero-order chi connectivity index (χ0) is 22.8. The van der Waals surface area contributed by atoms with Crippen molar-refractivity contribution in [2.45, 2.75) is 19.4 Å². The minimum Gasteiger partial charge on any atom is -0.342 e. The minimum atomic E-state index is -0.774. The quantitative estimate of drug-likeness (QED) is 0.630. The van der Waals surface area contributed by atoms with Crippen LogP contribution in [0, 0.1) is 18.6 Å². The summed E-state index contributed by atoms with van der Waals surface area (Å²) in [7, 11) is 1.69. The SMILES string of the molecule is Cc1cnc(C(=O)N2CCN(C)C(=O)C2Cc2ccccc2-c2cc(F)cc(F)c2)cn1. The predicted octanol–water partition coefficient (Wildman–Crippen LogP) is 3.26. The van der Waals surface area contributed by atoms with E-state index >= 15 is 0 Å². The lowest BCUT2D eigenvalue weighted by atomic mass is 9.93. The number of hydrogen-bond donors (Lipinski definition) is 0. The molecule has 1 fully saturated rings. The summed E-state index contributed by atoms with van der Waals surface area (Å²) in [5.74, 6) is -1.95. The summed E-state index contributed by atoms with van der Waals surface area (Å²) in [6, 6.07) is 9.65. The summed E-state index contributed by atoms with van der Waals surface area (Å²) in [5, 5.41) is 0. The van der Waals surface area contributed by atoms with Gasteiger partial charge in [0, 0.05) is 38.8 Å². The van der Waals surface area contributed by atoms with E-state index in [1.165, 1.54) is 29.4 Å². The molecule has 1 unspecified atom stereocenters. The first-order valence-electron chi connectivity index (χ1n) is 10.2. The number of aromatic nitrogens is 2. The van der Waals surface area contributed by atoms with Crippen molar-refractivity contribution in [1.29, 1.82) is 0 Å². The van der Waals surface area contributed by atoms with Gasteiger partial charge in [0.05, 0.1) is 11.9 Å². The summed E-state index contributed by atoms with van der Waals surface area (Å²) < 4.78 is 27.7. The highest BCUT2D eigenvalue weighted by atomic mass is 19.1. The molecule has 0 spiro atoms. The van der Waals surface area contributed by atoms with Crippen molar-refractivity contribution in [3.05, 3.63) is 83.4 Å². The first-order valence-corrected chi connectivity index (χ1v) is 10.2. The predicted molar refractivity (Wildman–Crippen MR) is 115 cm³/mol. The number of aryl methyl sites for hydroxylation is 1. The highest BCUT2D eigenvalue weighted by Gasteiger charge is 2.37. The molecule has 1 aromatic heterocycles. The number of piperazine rings is 1. The fraction of sp³-hybridized carbons (Fsp3) is 0.250. The van der Waals surface area contributed by atoms with Crippen LogP contribution in [0.2, 0.25) is 0 Å². The van der Waals surface area contributed by atoms with Crippen molar-refractivity contribution in [3.8, 4) is 11.1 Å². The van der Waals surface area contributed by atoms with E-state index in [9.17, 15) is 18.4 Å². The fourth-order valence-electron chi connectivity index (χ4n) is 3.90. The smallest absolute Gasteiger partial charge is 0.274 e. The van der Waals surface area contributed by atoms with E-state index in [1.54, 1.807) is 43.1 Å². The van der Waals surface area contributed by atoms with Gasteiger partial charge in [-0.3, -0.25) is 14.6 Å². The molecule has 2 aromatic carbocycles. The number of hydrogen-bond acceptors (Lipinski definition) is 4. The average molecular weight is 436 g/mol. The molecule has 3 aromatic rings. The van der Waals surface area contributed by atoms with Crippen LogP contribution in [0.5, 0.6) is 0 Å². The van der Waals surface area contributed by atoms with Crippen LogP contribution in [0.25, 0.3) is 11.1 Å². The summed E-state index contributed by atoms with van der Waals surface area (Å²) in [4.78, 5) is 37.6. The highest BCUT2D eigenvalue weighted by Crippen LogP contribution is 2.28. The van der Waals surface area contributed by atoms with Crippen molar-refractivity contribution in [2.75, 3.05) is 20.1 Å². The van der Waals surface area contributed by atoms with Crippen molar-refractivity contribution in [2.24, 2.45) is 0 Å². The molecule has 8 heteroatoms. The van der Waals surface area contributed by atoms with Crippen molar-refractivity contribution >= 4 is 11.8 Å². The van der Waals surface area contributed by atoms with Crippen LogP contribution in [0.4, 0.5) is 8.78 Å². The number of benzene rings is 2. The van der Waals surface area contributed by atoms with Crippen molar-refractivity contribution < 1.29 is 18.4 Å².